The third-order valence-corrected chi connectivity index (χ3v) is 6.72. The zero-order chi connectivity index (χ0) is 14.9. The molecule has 0 amide bonds. The highest BCUT2D eigenvalue weighted by molar-refractivity contribution is 5.39. The first-order valence-corrected chi connectivity index (χ1v) is 9.05. The van der Waals surface area contributed by atoms with Gasteiger partial charge in [0.2, 0.25) is 0 Å². The number of nitrogens with zero attached hydrogens (tertiary/aromatic N) is 1. The maximum atomic E-state index is 11.2. The van der Waals surface area contributed by atoms with Gasteiger partial charge in [-0.15, -0.1) is 0 Å². The second-order valence-corrected chi connectivity index (χ2v) is 7.60. The van der Waals surface area contributed by atoms with Crippen molar-refractivity contribution >= 4 is 6.47 Å². The van der Waals surface area contributed by atoms with Gasteiger partial charge in [-0.3, -0.25) is 4.79 Å². The quantitative estimate of drug-likeness (QED) is 0.642. The lowest BCUT2D eigenvalue weighted by Gasteiger charge is -2.60. The van der Waals surface area contributed by atoms with E-state index >= 15 is 0 Å². The Morgan fingerprint density at radius 1 is 1.05 bits per heavy atom. The van der Waals surface area contributed by atoms with Gasteiger partial charge in [-0.1, -0.05) is 13.8 Å². The normalized spacial score (nSPS) is 40.7. The Morgan fingerprint density at radius 2 is 1.62 bits per heavy atom. The molecule has 0 aromatic heterocycles. The van der Waals surface area contributed by atoms with Crippen molar-refractivity contribution in [3.63, 3.8) is 0 Å². The summed E-state index contributed by atoms with van der Waals surface area (Å²) < 4.78 is 5.86. The summed E-state index contributed by atoms with van der Waals surface area (Å²) >= 11 is 0. The van der Waals surface area contributed by atoms with Crippen LogP contribution in [-0.4, -0.2) is 36.6 Å². The van der Waals surface area contributed by atoms with E-state index in [0.717, 1.165) is 50.8 Å². The van der Waals surface area contributed by atoms with Crippen molar-refractivity contribution in [2.24, 2.45) is 23.7 Å². The summed E-state index contributed by atoms with van der Waals surface area (Å²) in [6.07, 6.45) is 8.94. The molecule has 4 rings (SSSR count). The molecule has 4 bridgehead atoms. The van der Waals surface area contributed by atoms with E-state index in [1.54, 1.807) is 0 Å². The molecule has 4 fully saturated rings. The van der Waals surface area contributed by atoms with Crippen LogP contribution in [-0.2, 0) is 9.53 Å². The zero-order valence-electron chi connectivity index (χ0n) is 13.7. The Kier molecular flexibility index (Phi) is 4.58. The maximum Gasteiger partial charge on any atom is 0.293 e. The predicted molar refractivity (Wildman–Crippen MR) is 83.9 cm³/mol. The lowest BCUT2D eigenvalue weighted by Crippen LogP contribution is -2.59. The molecule has 0 aliphatic heterocycles. The van der Waals surface area contributed by atoms with Crippen molar-refractivity contribution in [3.05, 3.63) is 0 Å². The Morgan fingerprint density at radius 3 is 2.10 bits per heavy atom. The third-order valence-electron chi connectivity index (χ3n) is 6.72. The third kappa shape index (κ3) is 2.74. The average Bonchev–Trinajstić information content (AvgIpc) is 2.48. The van der Waals surface area contributed by atoms with E-state index in [4.69, 9.17) is 4.74 Å². The van der Waals surface area contributed by atoms with Crippen LogP contribution in [0.4, 0.5) is 0 Å². The fraction of sp³-hybridized carbons (Fsp3) is 0.944. The molecule has 0 atom stereocenters. The molecule has 0 N–H and O–H groups in total. The maximum absolute atomic E-state index is 11.2. The molecule has 0 radical (unpaired) electrons. The molecule has 4 saturated carbocycles. The molecule has 0 aromatic carbocycles. The van der Waals surface area contributed by atoms with Crippen LogP contribution in [0.5, 0.6) is 0 Å². The van der Waals surface area contributed by atoms with Crippen molar-refractivity contribution in [2.45, 2.75) is 64.4 Å². The minimum Gasteiger partial charge on any atom is -0.461 e. The van der Waals surface area contributed by atoms with Crippen LogP contribution in [0.3, 0.4) is 0 Å². The van der Waals surface area contributed by atoms with Gasteiger partial charge in [0.15, 0.2) is 0 Å². The monoisotopic (exact) mass is 293 g/mol. The largest absolute Gasteiger partial charge is 0.461 e. The summed E-state index contributed by atoms with van der Waals surface area (Å²) in [5, 5.41) is 0. The van der Waals surface area contributed by atoms with Crippen molar-refractivity contribution in [2.75, 3.05) is 19.6 Å². The molecular weight excluding hydrogens is 262 g/mol. The van der Waals surface area contributed by atoms with Gasteiger partial charge in [0.25, 0.3) is 6.47 Å². The highest BCUT2D eigenvalue weighted by Crippen LogP contribution is 2.60. The molecule has 0 aromatic rings. The molecule has 0 unspecified atom stereocenters. The first kappa shape index (κ1) is 15.3. The van der Waals surface area contributed by atoms with E-state index < -0.39 is 0 Å². The van der Waals surface area contributed by atoms with Crippen LogP contribution < -0.4 is 0 Å². The number of carbonyl (C=O) groups is 1. The minimum absolute atomic E-state index is 0.109. The van der Waals surface area contributed by atoms with Crippen LogP contribution in [0.1, 0.15) is 58.8 Å². The SMILES string of the molecule is CCN(CC)CCCC1(OC=O)C2CC3CC(C2)CC1C3. The van der Waals surface area contributed by atoms with E-state index in [1.165, 1.54) is 32.1 Å². The van der Waals surface area contributed by atoms with Crippen molar-refractivity contribution < 1.29 is 9.53 Å². The summed E-state index contributed by atoms with van der Waals surface area (Å²) in [6.45, 7) is 8.58. The Bertz CT molecular complexity index is 336. The Labute approximate surface area is 129 Å². The fourth-order valence-corrected chi connectivity index (χ4v) is 5.85. The standard InChI is InChI=1S/C18H31NO2/c1-3-19(4-2)7-5-6-18(21-13-20)16-9-14-8-15(11-16)12-17(18)10-14/h13-17H,3-12H2,1-2H3. The molecule has 0 spiro atoms. The first-order chi connectivity index (χ1) is 10.2. The van der Waals surface area contributed by atoms with Crippen LogP contribution in [0.15, 0.2) is 0 Å². The molecule has 0 heterocycles. The van der Waals surface area contributed by atoms with Crippen LogP contribution >= 0.6 is 0 Å². The lowest BCUT2D eigenvalue weighted by atomic mass is 9.49. The molecule has 21 heavy (non-hydrogen) atoms. The average molecular weight is 293 g/mol. The van der Waals surface area contributed by atoms with Crippen LogP contribution in [0.2, 0.25) is 0 Å². The van der Waals surface area contributed by atoms with E-state index in [-0.39, 0.29) is 5.60 Å². The number of rotatable bonds is 8. The lowest BCUT2D eigenvalue weighted by molar-refractivity contribution is -0.201. The fourth-order valence-electron chi connectivity index (χ4n) is 5.85. The molecule has 4 aliphatic carbocycles. The van der Waals surface area contributed by atoms with Gasteiger partial charge in [-0.05, 0) is 88.3 Å². The molecule has 120 valence electrons. The summed E-state index contributed by atoms with van der Waals surface area (Å²) in [7, 11) is 0. The van der Waals surface area contributed by atoms with Crippen LogP contribution in [0.25, 0.3) is 0 Å². The van der Waals surface area contributed by atoms with E-state index in [9.17, 15) is 4.79 Å². The van der Waals surface area contributed by atoms with Crippen LogP contribution in [0, 0.1) is 23.7 Å². The predicted octanol–water partition coefficient (Wildman–Crippen LogP) is 3.48. The van der Waals surface area contributed by atoms with Gasteiger partial charge in [-0.25, -0.2) is 0 Å². The Balaban J connectivity index is 1.67. The first-order valence-electron chi connectivity index (χ1n) is 9.05. The number of hydrogen-bond donors (Lipinski definition) is 0. The molecule has 4 aliphatic rings. The van der Waals surface area contributed by atoms with E-state index in [2.05, 4.69) is 18.7 Å². The smallest absolute Gasteiger partial charge is 0.293 e. The summed E-state index contributed by atoms with van der Waals surface area (Å²) in [4.78, 5) is 13.7. The summed E-state index contributed by atoms with van der Waals surface area (Å²) in [5.74, 6) is 3.16. The van der Waals surface area contributed by atoms with Gasteiger partial charge in [0, 0.05) is 0 Å². The number of carbonyl (C=O) groups excluding carboxylic acids is 1. The van der Waals surface area contributed by atoms with Crippen molar-refractivity contribution in [1.82, 2.24) is 4.90 Å². The van der Waals surface area contributed by atoms with Gasteiger partial charge in [0.1, 0.15) is 5.60 Å². The Hall–Kier alpha value is -0.570. The highest BCUT2D eigenvalue weighted by Gasteiger charge is 2.58. The van der Waals surface area contributed by atoms with E-state index in [0.29, 0.717) is 11.8 Å². The minimum atomic E-state index is -0.109. The summed E-state index contributed by atoms with van der Waals surface area (Å²) in [6, 6.07) is 0. The molecule has 3 nitrogen and oxygen atoms in total. The van der Waals surface area contributed by atoms with E-state index in [1.807, 2.05) is 0 Å². The number of hydrogen-bond acceptors (Lipinski definition) is 3. The second-order valence-electron chi connectivity index (χ2n) is 7.60. The highest BCUT2D eigenvalue weighted by atomic mass is 16.5. The van der Waals surface area contributed by atoms with Gasteiger partial charge < -0.3 is 9.64 Å². The molecule has 0 saturated heterocycles. The molecule has 3 heteroatoms. The second kappa shape index (κ2) is 6.28. The van der Waals surface area contributed by atoms with Crippen molar-refractivity contribution in [3.8, 4) is 0 Å². The van der Waals surface area contributed by atoms with Gasteiger partial charge in [-0.2, -0.15) is 0 Å². The van der Waals surface area contributed by atoms with Gasteiger partial charge >= 0.3 is 0 Å². The number of ether oxygens (including phenoxy) is 1. The summed E-state index contributed by atoms with van der Waals surface area (Å²) in [5.41, 5.74) is -0.109. The van der Waals surface area contributed by atoms with Gasteiger partial charge in [0.05, 0.1) is 0 Å². The van der Waals surface area contributed by atoms with Crippen molar-refractivity contribution in [1.29, 1.82) is 0 Å². The topological polar surface area (TPSA) is 29.5 Å². The zero-order valence-corrected chi connectivity index (χ0v) is 13.7. The molecular formula is C18H31NO2.